The number of hydrogen-bond acceptors (Lipinski definition) is 8. The molecule has 2 rings (SSSR count). The smallest absolute Gasteiger partial charge is 0.292 e. The predicted molar refractivity (Wildman–Crippen MR) is 95.8 cm³/mol. The summed E-state index contributed by atoms with van der Waals surface area (Å²) in [5.74, 6) is 0.753. The second-order valence-corrected chi connectivity index (χ2v) is 7.15. The van der Waals surface area contributed by atoms with E-state index in [4.69, 9.17) is 0 Å². The van der Waals surface area contributed by atoms with Crippen LogP contribution in [-0.2, 0) is 4.79 Å². The monoisotopic (exact) mass is 367 g/mol. The molecule has 0 spiro atoms. The zero-order valence-corrected chi connectivity index (χ0v) is 14.7. The summed E-state index contributed by atoms with van der Waals surface area (Å²) in [6.07, 6.45) is 0.844. The fraction of sp³-hybridized carbons (Fsp3) is 0.357. The number of aromatic nitrogens is 2. The Balaban J connectivity index is 1.74. The summed E-state index contributed by atoms with van der Waals surface area (Å²) in [6.45, 7) is 2.49. The standard InChI is InChI=1S/C14H17N5O3S2/c1-2-23-14-18-17-13(24-14)16-12(20)8-5-9-15-10-6-3-4-7-11(10)19(21)22/h3-4,6-7,15H,2,5,8-9H2,1H3,(H,16,17,20). The summed E-state index contributed by atoms with van der Waals surface area (Å²) >= 11 is 2.92. The fourth-order valence-electron chi connectivity index (χ4n) is 1.88. The number of nitro benzene ring substituents is 1. The quantitative estimate of drug-likeness (QED) is 0.230. The van der Waals surface area contributed by atoms with E-state index in [-0.39, 0.29) is 11.6 Å². The van der Waals surface area contributed by atoms with E-state index in [1.165, 1.54) is 17.4 Å². The second kappa shape index (κ2) is 9.18. The van der Waals surface area contributed by atoms with Crippen molar-refractivity contribution in [3.05, 3.63) is 34.4 Å². The minimum absolute atomic E-state index is 0.0248. The van der Waals surface area contributed by atoms with E-state index >= 15 is 0 Å². The molecule has 0 bridgehead atoms. The van der Waals surface area contributed by atoms with Gasteiger partial charge in [0.2, 0.25) is 11.0 Å². The number of carbonyl (C=O) groups excluding carboxylic acids is 1. The van der Waals surface area contributed by atoms with Crippen molar-refractivity contribution in [1.82, 2.24) is 10.2 Å². The highest BCUT2D eigenvalue weighted by Crippen LogP contribution is 2.25. The number of hydrogen-bond donors (Lipinski definition) is 2. The molecule has 1 aromatic heterocycles. The highest BCUT2D eigenvalue weighted by molar-refractivity contribution is 8.01. The molecule has 2 N–H and O–H groups in total. The van der Waals surface area contributed by atoms with E-state index in [9.17, 15) is 14.9 Å². The van der Waals surface area contributed by atoms with Gasteiger partial charge in [-0.2, -0.15) is 0 Å². The fourth-order valence-corrected chi connectivity index (χ4v) is 3.54. The first kappa shape index (κ1) is 18.1. The normalized spacial score (nSPS) is 10.4. The molecule has 2 aromatic rings. The summed E-state index contributed by atoms with van der Waals surface area (Å²) in [7, 11) is 0. The molecule has 0 saturated carbocycles. The maximum Gasteiger partial charge on any atom is 0.292 e. The Labute approximate surface area is 147 Å². The zero-order valence-electron chi connectivity index (χ0n) is 13.0. The molecule has 0 unspecified atom stereocenters. The Morgan fingerprint density at radius 3 is 2.92 bits per heavy atom. The van der Waals surface area contributed by atoms with E-state index < -0.39 is 4.92 Å². The third kappa shape index (κ3) is 5.46. The Morgan fingerprint density at radius 1 is 1.38 bits per heavy atom. The van der Waals surface area contributed by atoms with Crippen LogP contribution in [0.25, 0.3) is 0 Å². The van der Waals surface area contributed by atoms with E-state index in [0.29, 0.717) is 30.2 Å². The third-order valence-corrected chi connectivity index (χ3v) is 4.77. The van der Waals surface area contributed by atoms with Gasteiger partial charge in [-0.1, -0.05) is 42.2 Å². The molecule has 24 heavy (non-hydrogen) atoms. The summed E-state index contributed by atoms with van der Waals surface area (Å²) in [6, 6.07) is 6.43. The minimum Gasteiger partial charge on any atom is -0.379 e. The van der Waals surface area contributed by atoms with E-state index in [0.717, 1.165) is 10.1 Å². The molecule has 0 saturated heterocycles. The number of thioether (sulfide) groups is 1. The van der Waals surface area contributed by atoms with Crippen LogP contribution in [0.15, 0.2) is 28.6 Å². The van der Waals surface area contributed by atoms with Crippen LogP contribution >= 0.6 is 23.1 Å². The van der Waals surface area contributed by atoms with Gasteiger partial charge >= 0.3 is 0 Å². The van der Waals surface area contributed by atoms with Crippen molar-refractivity contribution in [3.8, 4) is 0 Å². The zero-order chi connectivity index (χ0) is 17.4. The molecule has 0 atom stereocenters. The number of rotatable bonds is 9. The molecular weight excluding hydrogens is 350 g/mol. The molecule has 0 aliphatic heterocycles. The summed E-state index contributed by atoms with van der Waals surface area (Å²) in [5, 5.41) is 24.9. The molecule has 8 nitrogen and oxygen atoms in total. The lowest BCUT2D eigenvalue weighted by atomic mass is 10.2. The number of nitrogens with zero attached hydrogens (tertiary/aromatic N) is 3. The SMILES string of the molecule is CCSc1nnc(NC(=O)CCCNc2ccccc2[N+](=O)[O-])s1. The first-order valence-electron chi connectivity index (χ1n) is 7.33. The van der Waals surface area contributed by atoms with Gasteiger partial charge < -0.3 is 10.6 Å². The van der Waals surface area contributed by atoms with Crippen LogP contribution in [0.3, 0.4) is 0 Å². The van der Waals surface area contributed by atoms with Crippen molar-refractivity contribution in [2.24, 2.45) is 0 Å². The molecular formula is C14H17N5O3S2. The molecule has 10 heteroatoms. The van der Waals surface area contributed by atoms with Crippen LogP contribution in [0.1, 0.15) is 19.8 Å². The van der Waals surface area contributed by atoms with Gasteiger partial charge in [-0.3, -0.25) is 14.9 Å². The molecule has 1 aromatic carbocycles. The molecule has 0 aliphatic carbocycles. The number of anilines is 2. The number of carbonyl (C=O) groups is 1. The number of nitro groups is 1. The van der Waals surface area contributed by atoms with Crippen LogP contribution in [0.5, 0.6) is 0 Å². The number of nitrogens with one attached hydrogen (secondary N) is 2. The largest absolute Gasteiger partial charge is 0.379 e. The predicted octanol–water partition coefficient (Wildman–Crippen LogP) is 3.39. The van der Waals surface area contributed by atoms with E-state index in [1.54, 1.807) is 30.0 Å². The van der Waals surface area contributed by atoms with Crippen LogP contribution in [0, 0.1) is 10.1 Å². The molecule has 0 radical (unpaired) electrons. The van der Waals surface area contributed by atoms with Gasteiger partial charge in [0.1, 0.15) is 5.69 Å². The summed E-state index contributed by atoms with van der Waals surface area (Å²) < 4.78 is 0.825. The van der Waals surface area contributed by atoms with Gasteiger partial charge in [0.25, 0.3) is 5.69 Å². The second-order valence-electron chi connectivity index (χ2n) is 4.66. The van der Waals surface area contributed by atoms with Crippen LogP contribution in [-0.4, -0.2) is 33.3 Å². The lowest BCUT2D eigenvalue weighted by Crippen LogP contribution is -2.13. The maximum atomic E-state index is 11.9. The molecule has 1 heterocycles. The first-order chi connectivity index (χ1) is 11.6. The number of amides is 1. The van der Waals surface area contributed by atoms with Gasteiger partial charge in [-0.15, -0.1) is 10.2 Å². The average molecular weight is 367 g/mol. The number of para-hydroxylation sites is 2. The topological polar surface area (TPSA) is 110 Å². The minimum atomic E-state index is -0.434. The molecule has 0 fully saturated rings. The first-order valence-corrected chi connectivity index (χ1v) is 9.13. The number of benzene rings is 1. The van der Waals surface area contributed by atoms with Crippen molar-refractivity contribution in [2.75, 3.05) is 22.9 Å². The van der Waals surface area contributed by atoms with E-state index in [2.05, 4.69) is 20.8 Å². The Hall–Kier alpha value is -2.20. The van der Waals surface area contributed by atoms with Crippen molar-refractivity contribution in [3.63, 3.8) is 0 Å². The van der Waals surface area contributed by atoms with E-state index in [1.807, 2.05) is 6.92 Å². The third-order valence-electron chi connectivity index (χ3n) is 2.92. The highest BCUT2D eigenvalue weighted by Gasteiger charge is 2.12. The van der Waals surface area contributed by atoms with Gasteiger partial charge in [-0.05, 0) is 18.2 Å². The van der Waals surface area contributed by atoms with Crippen molar-refractivity contribution >= 4 is 45.5 Å². The Bertz CT molecular complexity index is 707. The Kier molecular flexibility index (Phi) is 6.94. The highest BCUT2D eigenvalue weighted by atomic mass is 32.2. The van der Waals surface area contributed by atoms with Gasteiger partial charge in [0.15, 0.2) is 4.34 Å². The lowest BCUT2D eigenvalue weighted by molar-refractivity contribution is -0.384. The van der Waals surface area contributed by atoms with Gasteiger partial charge in [0, 0.05) is 19.0 Å². The van der Waals surface area contributed by atoms with Crippen LogP contribution < -0.4 is 10.6 Å². The van der Waals surface area contributed by atoms with Crippen molar-refractivity contribution < 1.29 is 9.72 Å². The van der Waals surface area contributed by atoms with Crippen LogP contribution in [0.2, 0.25) is 0 Å². The molecule has 1 amide bonds. The maximum absolute atomic E-state index is 11.9. The van der Waals surface area contributed by atoms with Gasteiger partial charge in [-0.25, -0.2) is 0 Å². The van der Waals surface area contributed by atoms with Crippen molar-refractivity contribution in [2.45, 2.75) is 24.1 Å². The lowest BCUT2D eigenvalue weighted by Gasteiger charge is -2.06. The Morgan fingerprint density at radius 2 is 2.17 bits per heavy atom. The van der Waals surface area contributed by atoms with Gasteiger partial charge in [0.05, 0.1) is 4.92 Å². The molecule has 128 valence electrons. The van der Waals surface area contributed by atoms with Crippen molar-refractivity contribution in [1.29, 1.82) is 0 Å². The summed E-state index contributed by atoms with van der Waals surface area (Å²) in [4.78, 5) is 22.3. The molecule has 0 aliphatic rings. The average Bonchev–Trinajstić information content (AvgIpc) is 2.99. The van der Waals surface area contributed by atoms with Crippen LogP contribution in [0.4, 0.5) is 16.5 Å². The summed E-state index contributed by atoms with van der Waals surface area (Å²) in [5.41, 5.74) is 0.477.